The molecule has 1 heterocycles. The molecule has 1 N–H and O–H groups in total. The molecule has 0 saturated heterocycles. The molecule has 0 aliphatic heterocycles. The fourth-order valence-corrected chi connectivity index (χ4v) is 2.51. The second kappa shape index (κ2) is 6.71. The Bertz CT molecular complexity index is 635. The van der Waals surface area contributed by atoms with Gasteiger partial charge in [-0.05, 0) is 54.4 Å². The molecule has 2 rings (SSSR count). The highest BCUT2D eigenvalue weighted by atomic mass is 79.9. The minimum Gasteiger partial charge on any atom is -0.312 e. The van der Waals surface area contributed by atoms with E-state index in [1.165, 1.54) is 6.07 Å². The highest BCUT2D eigenvalue weighted by Gasteiger charge is 2.15. The van der Waals surface area contributed by atoms with Gasteiger partial charge in [0, 0.05) is 12.1 Å². The normalized spacial score (nSPS) is 11.4. The first-order chi connectivity index (χ1) is 9.91. The van der Waals surface area contributed by atoms with Gasteiger partial charge in [0.25, 0.3) is 0 Å². The molecular weight excluding hydrogens is 333 g/mol. The SMILES string of the molecule is Cc1nn(-c2cccc(F)c2CNCC(C)C)c(C)c1Br. The van der Waals surface area contributed by atoms with Gasteiger partial charge in [-0.25, -0.2) is 9.07 Å². The molecule has 0 unspecified atom stereocenters. The largest absolute Gasteiger partial charge is 0.312 e. The second-order valence-electron chi connectivity index (χ2n) is 5.66. The van der Waals surface area contributed by atoms with E-state index in [4.69, 9.17) is 0 Å². The number of hydrogen-bond donors (Lipinski definition) is 1. The van der Waals surface area contributed by atoms with E-state index in [0.29, 0.717) is 18.0 Å². The van der Waals surface area contributed by atoms with E-state index in [1.54, 1.807) is 10.7 Å². The summed E-state index contributed by atoms with van der Waals surface area (Å²) in [4.78, 5) is 0. The summed E-state index contributed by atoms with van der Waals surface area (Å²) < 4.78 is 17.0. The van der Waals surface area contributed by atoms with Crippen molar-refractivity contribution in [1.29, 1.82) is 0 Å². The molecule has 1 aromatic heterocycles. The van der Waals surface area contributed by atoms with E-state index >= 15 is 0 Å². The molecule has 0 saturated carbocycles. The number of hydrogen-bond acceptors (Lipinski definition) is 2. The number of halogens is 2. The van der Waals surface area contributed by atoms with E-state index in [-0.39, 0.29) is 5.82 Å². The fourth-order valence-electron chi connectivity index (χ4n) is 2.26. The maximum atomic E-state index is 14.2. The third-order valence-electron chi connectivity index (χ3n) is 3.38. The zero-order chi connectivity index (χ0) is 15.6. The van der Waals surface area contributed by atoms with Crippen molar-refractivity contribution in [3.63, 3.8) is 0 Å². The topological polar surface area (TPSA) is 29.9 Å². The number of nitrogens with one attached hydrogen (secondary N) is 1. The Labute approximate surface area is 133 Å². The van der Waals surface area contributed by atoms with Crippen LogP contribution in [-0.2, 0) is 6.54 Å². The predicted molar refractivity (Wildman–Crippen MR) is 87.2 cm³/mol. The van der Waals surface area contributed by atoms with E-state index in [1.807, 2.05) is 19.9 Å². The van der Waals surface area contributed by atoms with E-state index < -0.39 is 0 Å². The van der Waals surface area contributed by atoms with Gasteiger partial charge in [0.2, 0.25) is 0 Å². The van der Waals surface area contributed by atoms with Crippen LogP contribution >= 0.6 is 15.9 Å². The summed E-state index contributed by atoms with van der Waals surface area (Å²) in [7, 11) is 0. The van der Waals surface area contributed by atoms with Crippen LogP contribution in [0.2, 0.25) is 0 Å². The number of rotatable bonds is 5. The van der Waals surface area contributed by atoms with Gasteiger partial charge >= 0.3 is 0 Å². The minimum atomic E-state index is -0.201. The molecule has 1 aromatic carbocycles. The summed E-state index contributed by atoms with van der Waals surface area (Å²) in [6, 6.07) is 5.12. The van der Waals surface area contributed by atoms with Gasteiger partial charge < -0.3 is 5.32 Å². The van der Waals surface area contributed by atoms with E-state index in [9.17, 15) is 4.39 Å². The Morgan fingerprint density at radius 3 is 2.62 bits per heavy atom. The Morgan fingerprint density at radius 2 is 2.05 bits per heavy atom. The molecule has 3 nitrogen and oxygen atoms in total. The molecule has 114 valence electrons. The van der Waals surface area contributed by atoms with Crippen molar-refractivity contribution in [1.82, 2.24) is 15.1 Å². The zero-order valence-electron chi connectivity index (χ0n) is 12.9. The third kappa shape index (κ3) is 3.52. The Kier molecular flexibility index (Phi) is 5.17. The van der Waals surface area contributed by atoms with Crippen molar-refractivity contribution >= 4 is 15.9 Å². The molecule has 0 atom stereocenters. The first-order valence-electron chi connectivity index (χ1n) is 7.12. The van der Waals surface area contributed by atoms with Gasteiger partial charge in [0.1, 0.15) is 5.82 Å². The quantitative estimate of drug-likeness (QED) is 0.875. The van der Waals surface area contributed by atoms with Gasteiger partial charge in [-0.3, -0.25) is 0 Å². The smallest absolute Gasteiger partial charge is 0.129 e. The van der Waals surface area contributed by atoms with Gasteiger partial charge in [0.05, 0.1) is 21.5 Å². The monoisotopic (exact) mass is 353 g/mol. The van der Waals surface area contributed by atoms with Crippen molar-refractivity contribution in [2.75, 3.05) is 6.54 Å². The summed E-state index contributed by atoms with van der Waals surface area (Å²) in [6.07, 6.45) is 0. The predicted octanol–water partition coefficient (Wildman–Crippen LogP) is 4.14. The summed E-state index contributed by atoms with van der Waals surface area (Å²) >= 11 is 3.52. The average Bonchev–Trinajstić information content (AvgIpc) is 2.68. The molecule has 0 aliphatic carbocycles. The lowest BCUT2D eigenvalue weighted by atomic mass is 10.1. The average molecular weight is 354 g/mol. The molecule has 0 spiro atoms. The number of aryl methyl sites for hydroxylation is 1. The molecule has 0 amide bonds. The lowest BCUT2D eigenvalue weighted by molar-refractivity contribution is 0.532. The highest BCUT2D eigenvalue weighted by molar-refractivity contribution is 9.10. The third-order valence-corrected chi connectivity index (χ3v) is 4.53. The molecule has 0 radical (unpaired) electrons. The minimum absolute atomic E-state index is 0.201. The summed E-state index contributed by atoms with van der Waals surface area (Å²) in [5, 5.41) is 7.80. The van der Waals surface area contributed by atoms with Crippen molar-refractivity contribution in [3.05, 3.63) is 45.4 Å². The zero-order valence-corrected chi connectivity index (χ0v) is 14.5. The molecule has 5 heteroatoms. The van der Waals surface area contributed by atoms with Crippen LogP contribution in [0.3, 0.4) is 0 Å². The molecule has 0 bridgehead atoms. The first-order valence-corrected chi connectivity index (χ1v) is 7.91. The van der Waals surface area contributed by atoms with Gasteiger partial charge in [-0.15, -0.1) is 0 Å². The van der Waals surface area contributed by atoms with Crippen LogP contribution < -0.4 is 5.32 Å². The molecule has 2 aromatic rings. The Hall–Kier alpha value is -1.20. The summed E-state index contributed by atoms with van der Waals surface area (Å²) in [6.45, 7) is 9.52. The molecule has 21 heavy (non-hydrogen) atoms. The fraction of sp³-hybridized carbons (Fsp3) is 0.438. The van der Waals surface area contributed by atoms with Crippen molar-refractivity contribution < 1.29 is 4.39 Å². The lowest BCUT2D eigenvalue weighted by Crippen LogP contribution is -2.21. The van der Waals surface area contributed by atoms with Crippen molar-refractivity contribution in [2.45, 2.75) is 34.2 Å². The number of benzene rings is 1. The van der Waals surface area contributed by atoms with Gasteiger partial charge in [-0.2, -0.15) is 5.10 Å². The molecule has 0 fully saturated rings. The van der Waals surface area contributed by atoms with Crippen LogP contribution in [0.15, 0.2) is 22.7 Å². The van der Waals surface area contributed by atoms with Crippen LogP contribution in [0.4, 0.5) is 4.39 Å². The van der Waals surface area contributed by atoms with Crippen LogP contribution in [-0.4, -0.2) is 16.3 Å². The van der Waals surface area contributed by atoms with Crippen molar-refractivity contribution in [3.8, 4) is 5.69 Å². The Morgan fingerprint density at radius 1 is 1.33 bits per heavy atom. The maximum Gasteiger partial charge on any atom is 0.129 e. The maximum absolute atomic E-state index is 14.2. The van der Waals surface area contributed by atoms with E-state index in [0.717, 1.165) is 28.1 Å². The van der Waals surface area contributed by atoms with Crippen LogP contribution in [0.25, 0.3) is 5.69 Å². The summed E-state index contributed by atoms with van der Waals surface area (Å²) in [5.41, 5.74) is 3.31. The first kappa shape index (κ1) is 16.2. The standard InChI is InChI=1S/C16H21BrFN3/c1-10(2)8-19-9-13-14(18)6-5-7-15(13)21-12(4)16(17)11(3)20-21/h5-7,10,19H,8-9H2,1-4H3. The van der Waals surface area contributed by atoms with Gasteiger partial charge in [0.15, 0.2) is 0 Å². The highest BCUT2D eigenvalue weighted by Crippen LogP contribution is 2.25. The van der Waals surface area contributed by atoms with Crippen LogP contribution in [0.5, 0.6) is 0 Å². The molecule has 0 aliphatic rings. The van der Waals surface area contributed by atoms with Crippen molar-refractivity contribution in [2.24, 2.45) is 5.92 Å². The van der Waals surface area contributed by atoms with Crippen LogP contribution in [0, 0.1) is 25.6 Å². The van der Waals surface area contributed by atoms with Crippen LogP contribution in [0.1, 0.15) is 30.8 Å². The number of nitrogens with zero attached hydrogens (tertiary/aromatic N) is 2. The Balaban J connectivity index is 2.39. The van der Waals surface area contributed by atoms with Gasteiger partial charge in [-0.1, -0.05) is 19.9 Å². The second-order valence-corrected chi connectivity index (χ2v) is 6.45. The van der Waals surface area contributed by atoms with E-state index in [2.05, 4.69) is 40.2 Å². The number of aromatic nitrogens is 2. The summed E-state index contributed by atoms with van der Waals surface area (Å²) in [5.74, 6) is 0.329. The lowest BCUT2D eigenvalue weighted by Gasteiger charge is -2.14. The molecular formula is C16H21BrFN3.